The monoisotopic (exact) mass is 238 g/mol. The van der Waals surface area contributed by atoms with Crippen molar-refractivity contribution in [3.63, 3.8) is 0 Å². The summed E-state index contributed by atoms with van der Waals surface area (Å²) >= 11 is 0. The Bertz CT molecular complexity index is 207. The van der Waals surface area contributed by atoms with E-state index in [9.17, 15) is 0 Å². The summed E-state index contributed by atoms with van der Waals surface area (Å²) < 4.78 is 0. The summed E-state index contributed by atoms with van der Waals surface area (Å²) in [5, 5.41) is 3.46. The van der Waals surface area contributed by atoms with Gasteiger partial charge in [0.2, 0.25) is 0 Å². The fourth-order valence-electron chi connectivity index (χ4n) is 3.96. The number of rotatable bonds is 6. The Morgan fingerprint density at radius 3 is 2.18 bits per heavy atom. The Morgan fingerprint density at radius 1 is 1.06 bits per heavy atom. The van der Waals surface area contributed by atoms with E-state index in [2.05, 4.69) is 24.1 Å². The minimum Gasteiger partial charge on any atom is -0.317 e. The van der Waals surface area contributed by atoms with Gasteiger partial charge in [0.05, 0.1) is 0 Å². The van der Waals surface area contributed by atoms with Crippen molar-refractivity contribution in [1.29, 1.82) is 0 Å². The zero-order valence-corrected chi connectivity index (χ0v) is 11.8. The van der Waals surface area contributed by atoms with E-state index in [4.69, 9.17) is 0 Å². The summed E-state index contributed by atoms with van der Waals surface area (Å²) in [6.45, 7) is 11.3. The maximum Gasteiger partial charge on any atom is 0.00506 e. The van der Waals surface area contributed by atoms with Gasteiger partial charge in [0, 0.05) is 19.6 Å². The summed E-state index contributed by atoms with van der Waals surface area (Å²) in [6.07, 6.45) is 8.41. The molecular weight excluding hydrogens is 208 g/mol. The zero-order chi connectivity index (χ0) is 12.1. The molecule has 2 heterocycles. The maximum atomic E-state index is 3.46. The van der Waals surface area contributed by atoms with Gasteiger partial charge in [-0.2, -0.15) is 0 Å². The van der Waals surface area contributed by atoms with Crippen molar-refractivity contribution < 1.29 is 0 Å². The number of likely N-dealkylation sites (tertiary alicyclic amines) is 1. The van der Waals surface area contributed by atoms with Gasteiger partial charge in [0.25, 0.3) is 0 Å². The first kappa shape index (κ1) is 13.4. The van der Waals surface area contributed by atoms with Crippen LogP contribution >= 0.6 is 0 Å². The molecule has 2 aliphatic rings. The summed E-state index contributed by atoms with van der Waals surface area (Å²) in [4.78, 5) is 2.72. The Balaban J connectivity index is 1.71. The average Bonchev–Trinajstić information content (AvgIpc) is 2.29. The van der Waals surface area contributed by atoms with Crippen LogP contribution in [0.4, 0.5) is 0 Å². The third-order valence-corrected chi connectivity index (χ3v) is 4.65. The molecule has 1 N–H and O–H groups in total. The van der Waals surface area contributed by atoms with Crippen molar-refractivity contribution in [3.8, 4) is 0 Å². The summed E-state index contributed by atoms with van der Waals surface area (Å²) in [5.74, 6) is 0.970. The summed E-state index contributed by atoms with van der Waals surface area (Å²) in [7, 11) is 0. The van der Waals surface area contributed by atoms with E-state index in [0.29, 0.717) is 5.41 Å². The van der Waals surface area contributed by atoms with Gasteiger partial charge in [-0.05, 0) is 50.1 Å². The molecule has 2 heteroatoms. The molecule has 17 heavy (non-hydrogen) atoms. The first-order chi connectivity index (χ1) is 8.28. The number of hydrogen-bond acceptors (Lipinski definition) is 2. The van der Waals surface area contributed by atoms with E-state index in [1.165, 1.54) is 71.2 Å². The van der Waals surface area contributed by atoms with Gasteiger partial charge in [0.15, 0.2) is 0 Å². The number of nitrogens with one attached hydrogen (secondary N) is 1. The second-order valence-electron chi connectivity index (χ2n) is 6.36. The Labute approximate surface area is 107 Å². The fraction of sp³-hybridized carbons (Fsp3) is 1.00. The average molecular weight is 238 g/mol. The quantitative estimate of drug-likeness (QED) is 0.765. The van der Waals surface area contributed by atoms with Gasteiger partial charge in [0.1, 0.15) is 0 Å². The van der Waals surface area contributed by atoms with Gasteiger partial charge in [-0.15, -0.1) is 0 Å². The van der Waals surface area contributed by atoms with Crippen molar-refractivity contribution in [1.82, 2.24) is 10.2 Å². The smallest absolute Gasteiger partial charge is 0.00506 e. The van der Waals surface area contributed by atoms with Crippen molar-refractivity contribution in [2.75, 3.05) is 32.7 Å². The third-order valence-electron chi connectivity index (χ3n) is 4.65. The highest BCUT2D eigenvalue weighted by atomic mass is 15.2. The second-order valence-corrected chi connectivity index (χ2v) is 6.36. The van der Waals surface area contributed by atoms with Crippen LogP contribution in [0.3, 0.4) is 0 Å². The zero-order valence-electron chi connectivity index (χ0n) is 11.8. The van der Waals surface area contributed by atoms with Crippen LogP contribution in [0, 0.1) is 11.3 Å². The predicted octanol–water partition coefficient (Wildman–Crippen LogP) is 2.89. The molecule has 100 valence electrons. The standard InChI is InChI=1S/C15H30N2/c1-3-7-15(8-4-2)12-17(13-15)11-14-5-9-16-10-6-14/h14,16H,3-13H2,1-2H3. The van der Waals surface area contributed by atoms with Gasteiger partial charge >= 0.3 is 0 Å². The molecule has 0 amide bonds. The van der Waals surface area contributed by atoms with Crippen LogP contribution in [-0.4, -0.2) is 37.6 Å². The molecule has 0 aromatic heterocycles. The lowest BCUT2D eigenvalue weighted by atomic mass is 9.72. The molecule has 2 fully saturated rings. The van der Waals surface area contributed by atoms with Gasteiger partial charge < -0.3 is 10.2 Å². The molecular formula is C15H30N2. The number of piperidine rings is 1. The SMILES string of the molecule is CCCC1(CCC)CN(CC2CCNCC2)C1. The van der Waals surface area contributed by atoms with Crippen molar-refractivity contribution in [3.05, 3.63) is 0 Å². The molecule has 0 saturated carbocycles. The molecule has 0 aliphatic carbocycles. The number of hydrogen-bond donors (Lipinski definition) is 1. The molecule has 2 saturated heterocycles. The molecule has 2 nitrogen and oxygen atoms in total. The molecule has 0 aromatic carbocycles. The molecule has 0 radical (unpaired) electrons. The van der Waals surface area contributed by atoms with Crippen LogP contribution in [-0.2, 0) is 0 Å². The van der Waals surface area contributed by atoms with Gasteiger partial charge in [-0.3, -0.25) is 0 Å². The lowest BCUT2D eigenvalue weighted by molar-refractivity contribution is -0.0263. The van der Waals surface area contributed by atoms with E-state index in [1.807, 2.05) is 0 Å². The first-order valence-corrected chi connectivity index (χ1v) is 7.71. The van der Waals surface area contributed by atoms with Crippen LogP contribution in [0.25, 0.3) is 0 Å². The largest absolute Gasteiger partial charge is 0.317 e. The maximum absolute atomic E-state index is 3.46. The van der Waals surface area contributed by atoms with Crippen molar-refractivity contribution in [2.24, 2.45) is 11.3 Å². The Kier molecular flexibility index (Phi) is 4.87. The van der Waals surface area contributed by atoms with Crippen LogP contribution < -0.4 is 5.32 Å². The first-order valence-electron chi connectivity index (χ1n) is 7.71. The van der Waals surface area contributed by atoms with Crippen LogP contribution in [0.5, 0.6) is 0 Å². The highest BCUT2D eigenvalue weighted by Gasteiger charge is 2.41. The van der Waals surface area contributed by atoms with E-state index in [1.54, 1.807) is 0 Å². The highest BCUT2D eigenvalue weighted by Crippen LogP contribution is 2.40. The minimum atomic E-state index is 0.705. The molecule has 2 rings (SSSR count). The molecule has 2 aliphatic heterocycles. The highest BCUT2D eigenvalue weighted by molar-refractivity contribution is 4.95. The van der Waals surface area contributed by atoms with E-state index in [-0.39, 0.29) is 0 Å². The van der Waals surface area contributed by atoms with Crippen LogP contribution in [0.15, 0.2) is 0 Å². The van der Waals surface area contributed by atoms with Crippen LogP contribution in [0.1, 0.15) is 52.4 Å². The molecule has 0 spiro atoms. The Morgan fingerprint density at radius 2 is 1.65 bits per heavy atom. The molecule has 0 aromatic rings. The Hall–Kier alpha value is -0.0800. The van der Waals surface area contributed by atoms with Crippen LogP contribution in [0.2, 0.25) is 0 Å². The lowest BCUT2D eigenvalue weighted by Gasteiger charge is -2.52. The summed E-state index contributed by atoms with van der Waals surface area (Å²) in [5.41, 5.74) is 0.705. The fourth-order valence-corrected chi connectivity index (χ4v) is 3.96. The molecule has 0 unspecified atom stereocenters. The number of nitrogens with zero attached hydrogens (tertiary/aromatic N) is 1. The second kappa shape index (κ2) is 6.19. The molecule has 0 atom stereocenters. The normalized spacial score (nSPS) is 25.8. The summed E-state index contributed by atoms with van der Waals surface area (Å²) in [6, 6.07) is 0. The van der Waals surface area contributed by atoms with Gasteiger partial charge in [-0.25, -0.2) is 0 Å². The van der Waals surface area contributed by atoms with E-state index >= 15 is 0 Å². The minimum absolute atomic E-state index is 0.705. The lowest BCUT2D eigenvalue weighted by Crippen LogP contribution is -2.57. The topological polar surface area (TPSA) is 15.3 Å². The third kappa shape index (κ3) is 3.45. The van der Waals surface area contributed by atoms with E-state index in [0.717, 1.165) is 5.92 Å². The van der Waals surface area contributed by atoms with E-state index < -0.39 is 0 Å². The predicted molar refractivity (Wildman–Crippen MR) is 74.3 cm³/mol. The van der Waals surface area contributed by atoms with Gasteiger partial charge in [-0.1, -0.05) is 26.7 Å². The van der Waals surface area contributed by atoms with Crippen molar-refractivity contribution in [2.45, 2.75) is 52.4 Å². The van der Waals surface area contributed by atoms with Crippen molar-refractivity contribution >= 4 is 0 Å². The molecule has 0 bridgehead atoms.